The smallest absolute Gasteiger partial charge is 0.437 e. The molecule has 1 heterocycles. The Hall–Kier alpha value is -2.58. The van der Waals surface area contributed by atoms with Gasteiger partial charge < -0.3 is 14.2 Å². The van der Waals surface area contributed by atoms with E-state index < -0.39 is 46.4 Å². The van der Waals surface area contributed by atoms with Crippen molar-refractivity contribution in [3.63, 3.8) is 0 Å². The molecule has 0 amide bonds. The Balaban J connectivity index is 2.70. The topological polar surface area (TPSA) is 61.8 Å². The molecule has 0 spiro atoms. The second kappa shape index (κ2) is 5.56. The van der Waals surface area contributed by atoms with E-state index in [0.29, 0.717) is 0 Å². The van der Waals surface area contributed by atoms with Gasteiger partial charge in [-0.25, -0.2) is 14.0 Å². The molecule has 0 N–H and O–H groups in total. The molecule has 0 aliphatic carbocycles. The molecule has 2 rings (SSSR count). The maximum atomic E-state index is 13.6. The van der Waals surface area contributed by atoms with Crippen LogP contribution in [0.15, 0.2) is 35.6 Å². The summed E-state index contributed by atoms with van der Waals surface area (Å²) in [6.45, 7) is 0. The van der Waals surface area contributed by atoms with E-state index in [0.717, 1.165) is 38.5 Å². The highest BCUT2D eigenvalue weighted by Gasteiger charge is 2.71. The van der Waals surface area contributed by atoms with Gasteiger partial charge in [-0.05, 0) is 12.1 Å². The Morgan fingerprint density at radius 2 is 1.57 bits per heavy atom. The molecule has 1 aliphatic rings. The largest absolute Gasteiger partial charge is 0.465 e. The van der Waals surface area contributed by atoms with Crippen LogP contribution < -0.4 is 0 Å². The molecule has 1 unspecified atom stereocenters. The van der Waals surface area contributed by atoms with Gasteiger partial charge in [-0.1, -0.05) is 12.1 Å². The first kappa shape index (κ1) is 16.8. The molecule has 0 aromatic heterocycles. The molecule has 23 heavy (non-hydrogen) atoms. The zero-order valence-electron chi connectivity index (χ0n) is 11.9. The molecule has 1 atom stereocenters. The van der Waals surface area contributed by atoms with Gasteiger partial charge in [0.15, 0.2) is 0 Å². The molecular formula is C14H10F4O5. The number of esters is 2. The third kappa shape index (κ3) is 2.41. The molecule has 0 bridgehead atoms. The number of hydrogen-bond donors (Lipinski definition) is 0. The highest BCUT2D eigenvalue weighted by atomic mass is 19.4. The Labute approximate surface area is 127 Å². The van der Waals surface area contributed by atoms with Crippen LogP contribution in [0, 0.1) is 5.82 Å². The van der Waals surface area contributed by atoms with E-state index >= 15 is 0 Å². The summed E-state index contributed by atoms with van der Waals surface area (Å²) in [7, 11) is 1.77. The molecule has 0 fully saturated rings. The second-order valence-electron chi connectivity index (χ2n) is 4.48. The lowest BCUT2D eigenvalue weighted by Crippen LogP contribution is -2.56. The zero-order chi connectivity index (χ0) is 17.4. The summed E-state index contributed by atoms with van der Waals surface area (Å²) in [6.07, 6.45) is -5.11. The normalized spacial score (nSPS) is 20.4. The van der Waals surface area contributed by atoms with Gasteiger partial charge in [-0.2, -0.15) is 13.2 Å². The van der Waals surface area contributed by atoms with E-state index in [1.165, 1.54) is 0 Å². The summed E-state index contributed by atoms with van der Waals surface area (Å²) in [6, 6.07) is 3.16. The van der Waals surface area contributed by atoms with Crippen LogP contribution in [0.25, 0.3) is 0 Å². The Morgan fingerprint density at radius 3 is 2.00 bits per heavy atom. The lowest BCUT2D eigenvalue weighted by Gasteiger charge is -2.44. The molecule has 1 aromatic rings. The number of ether oxygens (including phenoxy) is 3. The first-order valence-corrected chi connectivity index (χ1v) is 6.12. The average molecular weight is 334 g/mol. The molecule has 1 aromatic carbocycles. The molecule has 5 nitrogen and oxygen atoms in total. The van der Waals surface area contributed by atoms with E-state index in [-0.39, 0.29) is 0 Å². The van der Waals surface area contributed by atoms with Crippen LogP contribution in [0.4, 0.5) is 17.6 Å². The lowest BCUT2D eigenvalue weighted by molar-refractivity contribution is -0.278. The van der Waals surface area contributed by atoms with E-state index in [2.05, 4.69) is 14.2 Å². The summed E-state index contributed by atoms with van der Waals surface area (Å²) in [5.41, 5.74) is -4.84. The maximum Gasteiger partial charge on any atom is 0.437 e. The number of halogens is 4. The number of rotatable bonds is 3. The second-order valence-corrected chi connectivity index (χ2v) is 4.48. The van der Waals surface area contributed by atoms with Gasteiger partial charge in [-0.15, -0.1) is 0 Å². The Kier molecular flexibility index (Phi) is 4.06. The van der Waals surface area contributed by atoms with Crippen LogP contribution in [-0.4, -0.2) is 32.3 Å². The highest BCUT2D eigenvalue weighted by molar-refractivity contribution is 6.03. The van der Waals surface area contributed by atoms with Gasteiger partial charge in [0, 0.05) is 5.56 Å². The molecule has 0 radical (unpaired) electrons. The third-order valence-electron chi connectivity index (χ3n) is 3.24. The predicted molar refractivity (Wildman–Crippen MR) is 66.3 cm³/mol. The van der Waals surface area contributed by atoms with Crippen molar-refractivity contribution in [2.75, 3.05) is 14.2 Å². The number of benzene rings is 1. The van der Waals surface area contributed by atoms with Crippen LogP contribution in [-0.2, 0) is 29.4 Å². The van der Waals surface area contributed by atoms with Gasteiger partial charge in [-0.3, -0.25) is 0 Å². The number of carbonyl (C=O) groups excluding carboxylic acids is 2. The molecule has 9 heteroatoms. The van der Waals surface area contributed by atoms with E-state index in [9.17, 15) is 27.2 Å². The van der Waals surface area contributed by atoms with Crippen molar-refractivity contribution in [2.45, 2.75) is 11.8 Å². The molecular weight excluding hydrogens is 324 g/mol. The Morgan fingerprint density at radius 1 is 1.04 bits per heavy atom. The summed E-state index contributed by atoms with van der Waals surface area (Å²) >= 11 is 0. The monoisotopic (exact) mass is 334 g/mol. The van der Waals surface area contributed by atoms with Crippen LogP contribution in [0.3, 0.4) is 0 Å². The average Bonchev–Trinajstić information content (AvgIpc) is 2.46. The van der Waals surface area contributed by atoms with E-state index in [1.807, 2.05) is 0 Å². The van der Waals surface area contributed by atoms with Crippen LogP contribution >= 0.6 is 0 Å². The van der Waals surface area contributed by atoms with Gasteiger partial charge in [0.1, 0.15) is 11.4 Å². The summed E-state index contributed by atoms with van der Waals surface area (Å²) in [5, 5.41) is 0. The standard InChI is InChI=1S/C14H10F4O5/c1-21-11(19)9-10(12(20)22-2)23-13(9,14(16,17)18)7-3-5-8(15)6-4-7/h3-6H,1-2H3. The Bertz CT molecular complexity index is 677. The van der Waals surface area contributed by atoms with Crippen molar-refractivity contribution in [1.82, 2.24) is 0 Å². The predicted octanol–water partition coefficient (Wildman–Crippen LogP) is 2.21. The van der Waals surface area contributed by atoms with Crippen molar-refractivity contribution >= 4 is 11.9 Å². The summed E-state index contributed by atoms with van der Waals surface area (Å²) in [4.78, 5) is 23.3. The van der Waals surface area contributed by atoms with Crippen molar-refractivity contribution in [3.05, 3.63) is 47.0 Å². The van der Waals surface area contributed by atoms with Crippen molar-refractivity contribution in [1.29, 1.82) is 0 Å². The van der Waals surface area contributed by atoms with Crippen LogP contribution in [0.2, 0.25) is 0 Å². The van der Waals surface area contributed by atoms with Gasteiger partial charge in [0.2, 0.25) is 5.76 Å². The van der Waals surface area contributed by atoms with Crippen molar-refractivity contribution < 1.29 is 41.4 Å². The number of hydrogen-bond acceptors (Lipinski definition) is 5. The minimum absolute atomic E-state index is 0.570. The lowest BCUT2D eigenvalue weighted by atomic mass is 9.80. The zero-order valence-corrected chi connectivity index (χ0v) is 11.9. The molecule has 0 saturated carbocycles. The van der Waals surface area contributed by atoms with Gasteiger partial charge in [0.25, 0.3) is 5.60 Å². The maximum absolute atomic E-state index is 13.6. The summed E-state index contributed by atoms with van der Waals surface area (Å²) in [5.74, 6) is -4.34. The first-order chi connectivity index (χ1) is 10.7. The SMILES string of the molecule is COC(=O)C1=C(C(=O)OC)C(c2ccc(F)cc2)(C(F)(F)F)O1. The minimum Gasteiger partial charge on any atom is -0.465 e. The number of alkyl halides is 3. The molecule has 1 aliphatic heterocycles. The van der Waals surface area contributed by atoms with Crippen LogP contribution in [0.5, 0.6) is 0 Å². The number of carbonyl (C=O) groups is 2. The van der Waals surface area contributed by atoms with Crippen molar-refractivity contribution in [3.8, 4) is 0 Å². The van der Waals surface area contributed by atoms with Crippen LogP contribution in [0.1, 0.15) is 5.56 Å². The highest BCUT2D eigenvalue weighted by Crippen LogP contribution is 2.56. The van der Waals surface area contributed by atoms with E-state index in [4.69, 9.17) is 0 Å². The van der Waals surface area contributed by atoms with Gasteiger partial charge >= 0.3 is 18.1 Å². The quantitative estimate of drug-likeness (QED) is 0.626. The first-order valence-electron chi connectivity index (χ1n) is 6.12. The third-order valence-corrected chi connectivity index (χ3v) is 3.24. The fourth-order valence-electron chi connectivity index (χ4n) is 2.19. The number of methoxy groups -OCH3 is 2. The minimum atomic E-state index is -5.11. The fourth-order valence-corrected chi connectivity index (χ4v) is 2.19. The fraction of sp³-hybridized carbons (Fsp3) is 0.286. The summed E-state index contributed by atoms with van der Waals surface area (Å²) < 4.78 is 67.1. The molecule has 0 saturated heterocycles. The van der Waals surface area contributed by atoms with E-state index in [1.54, 1.807) is 0 Å². The molecule has 124 valence electrons. The van der Waals surface area contributed by atoms with Gasteiger partial charge in [0.05, 0.1) is 14.2 Å². The van der Waals surface area contributed by atoms with Crippen molar-refractivity contribution in [2.24, 2.45) is 0 Å².